The van der Waals surface area contributed by atoms with E-state index in [0.29, 0.717) is 11.4 Å². The minimum Gasteiger partial charge on any atom is -0.337 e. The average molecular weight is 242 g/mol. The lowest BCUT2D eigenvalue weighted by Gasteiger charge is -2.06. The highest BCUT2D eigenvalue weighted by atomic mass is 32.2. The molecule has 5 heteroatoms. The van der Waals surface area contributed by atoms with Crippen LogP contribution >= 0.6 is 11.9 Å². The maximum Gasteiger partial charge on any atom is 0.325 e. The van der Waals surface area contributed by atoms with Crippen molar-refractivity contribution in [2.24, 2.45) is 0 Å². The van der Waals surface area contributed by atoms with Gasteiger partial charge < -0.3 is 5.32 Å². The summed E-state index contributed by atoms with van der Waals surface area (Å²) in [5, 5.41) is 2.68. The number of halogens is 1. The summed E-state index contributed by atoms with van der Waals surface area (Å²) in [6, 6.07) is 6.02. The van der Waals surface area contributed by atoms with E-state index in [-0.39, 0.29) is 11.8 Å². The molecule has 3 nitrogen and oxygen atoms in total. The quantitative estimate of drug-likeness (QED) is 0.615. The maximum atomic E-state index is 13.2. The molecule has 0 radical (unpaired) electrons. The van der Waals surface area contributed by atoms with Crippen molar-refractivity contribution in [2.45, 2.75) is 24.7 Å². The fourth-order valence-electron chi connectivity index (χ4n) is 1.04. The molecular formula is C11H15FN2OS. The van der Waals surface area contributed by atoms with Gasteiger partial charge in [-0.1, -0.05) is 25.5 Å². The number of hydrogen-bond donors (Lipinski definition) is 2. The number of rotatable bonds is 5. The van der Waals surface area contributed by atoms with Crippen molar-refractivity contribution in [3.05, 3.63) is 30.1 Å². The molecule has 0 saturated carbocycles. The minimum absolute atomic E-state index is 0.290. The van der Waals surface area contributed by atoms with Crippen LogP contribution in [-0.4, -0.2) is 12.6 Å². The summed E-state index contributed by atoms with van der Waals surface area (Å²) in [5.41, 5.74) is 0. The van der Waals surface area contributed by atoms with Crippen molar-refractivity contribution in [3.63, 3.8) is 0 Å². The molecular weight excluding hydrogens is 227 g/mol. The SMILES string of the molecule is CCCCNC(=O)NSc1ccccc1F. The number of hydrogen-bond acceptors (Lipinski definition) is 2. The van der Waals surface area contributed by atoms with Crippen molar-refractivity contribution >= 4 is 18.0 Å². The van der Waals surface area contributed by atoms with Gasteiger partial charge in [-0.25, -0.2) is 9.18 Å². The zero-order chi connectivity index (χ0) is 11.8. The van der Waals surface area contributed by atoms with Crippen LogP contribution in [0.25, 0.3) is 0 Å². The molecule has 1 aromatic carbocycles. The molecule has 1 aromatic rings. The van der Waals surface area contributed by atoms with Gasteiger partial charge in [-0.2, -0.15) is 0 Å². The van der Waals surface area contributed by atoms with E-state index in [1.165, 1.54) is 6.07 Å². The van der Waals surface area contributed by atoms with Gasteiger partial charge in [-0.15, -0.1) is 0 Å². The third-order valence-corrected chi connectivity index (χ3v) is 2.74. The number of nitrogens with one attached hydrogen (secondary N) is 2. The molecule has 2 amide bonds. The molecule has 0 fully saturated rings. The smallest absolute Gasteiger partial charge is 0.325 e. The van der Waals surface area contributed by atoms with Crippen molar-refractivity contribution in [1.29, 1.82) is 0 Å². The summed E-state index contributed by atoms with van der Waals surface area (Å²) in [6.07, 6.45) is 1.97. The molecule has 0 bridgehead atoms. The zero-order valence-electron chi connectivity index (χ0n) is 9.13. The Balaban J connectivity index is 2.29. The molecule has 0 atom stereocenters. The van der Waals surface area contributed by atoms with E-state index in [4.69, 9.17) is 0 Å². The molecule has 0 aliphatic carbocycles. The summed E-state index contributed by atoms with van der Waals surface area (Å²) in [4.78, 5) is 11.6. The fourth-order valence-corrected chi connectivity index (χ4v) is 1.63. The van der Waals surface area contributed by atoms with Crippen molar-refractivity contribution in [1.82, 2.24) is 10.0 Å². The number of carbonyl (C=O) groups excluding carboxylic acids is 1. The van der Waals surface area contributed by atoms with Crippen molar-refractivity contribution in [3.8, 4) is 0 Å². The lowest BCUT2D eigenvalue weighted by molar-refractivity contribution is 0.246. The van der Waals surface area contributed by atoms with E-state index >= 15 is 0 Å². The second kappa shape index (κ2) is 7.11. The van der Waals surface area contributed by atoms with Gasteiger partial charge in [0.15, 0.2) is 0 Å². The second-order valence-electron chi connectivity index (χ2n) is 3.24. The highest BCUT2D eigenvalue weighted by Gasteiger charge is 2.04. The number of unbranched alkanes of at least 4 members (excludes halogenated alkanes) is 1. The van der Waals surface area contributed by atoms with Gasteiger partial charge in [-0.05, 0) is 30.5 Å². The Kier molecular flexibility index (Phi) is 5.71. The Bertz CT molecular complexity index is 347. The third kappa shape index (κ3) is 4.53. The molecule has 2 N–H and O–H groups in total. The molecule has 88 valence electrons. The van der Waals surface area contributed by atoms with Gasteiger partial charge in [0, 0.05) is 6.54 Å². The van der Waals surface area contributed by atoms with E-state index in [2.05, 4.69) is 10.0 Å². The Morgan fingerprint density at radius 3 is 2.88 bits per heavy atom. The van der Waals surface area contributed by atoms with Gasteiger partial charge in [0.2, 0.25) is 0 Å². The Morgan fingerprint density at radius 1 is 1.44 bits per heavy atom. The van der Waals surface area contributed by atoms with Crippen LogP contribution < -0.4 is 10.0 Å². The van der Waals surface area contributed by atoms with Crippen LogP contribution in [0.1, 0.15) is 19.8 Å². The lowest BCUT2D eigenvalue weighted by atomic mass is 10.3. The molecule has 0 heterocycles. The minimum atomic E-state index is -0.332. The highest BCUT2D eigenvalue weighted by Crippen LogP contribution is 2.17. The summed E-state index contributed by atoms with van der Waals surface area (Å²) in [6.45, 7) is 2.69. The van der Waals surface area contributed by atoms with E-state index in [9.17, 15) is 9.18 Å². The lowest BCUT2D eigenvalue weighted by Crippen LogP contribution is -2.31. The highest BCUT2D eigenvalue weighted by molar-refractivity contribution is 7.98. The van der Waals surface area contributed by atoms with E-state index < -0.39 is 0 Å². The molecule has 1 rings (SSSR count). The van der Waals surface area contributed by atoms with Crippen molar-refractivity contribution in [2.75, 3.05) is 6.54 Å². The number of urea groups is 1. The summed E-state index contributed by atoms with van der Waals surface area (Å²) < 4.78 is 15.7. The van der Waals surface area contributed by atoms with Gasteiger partial charge in [-0.3, -0.25) is 4.72 Å². The summed E-state index contributed by atoms with van der Waals surface area (Å²) in [7, 11) is 0. The van der Waals surface area contributed by atoms with Crippen LogP contribution in [0.5, 0.6) is 0 Å². The third-order valence-electron chi connectivity index (χ3n) is 1.91. The summed E-state index contributed by atoms with van der Waals surface area (Å²) in [5.74, 6) is -0.332. The monoisotopic (exact) mass is 242 g/mol. The number of benzene rings is 1. The van der Waals surface area contributed by atoms with Crippen molar-refractivity contribution < 1.29 is 9.18 Å². The fraction of sp³-hybridized carbons (Fsp3) is 0.364. The maximum absolute atomic E-state index is 13.2. The molecule has 0 spiro atoms. The van der Waals surface area contributed by atoms with Crippen LogP contribution in [0.3, 0.4) is 0 Å². The van der Waals surface area contributed by atoms with Crippen LogP contribution in [0.15, 0.2) is 29.2 Å². The van der Waals surface area contributed by atoms with Gasteiger partial charge in [0.25, 0.3) is 0 Å². The Morgan fingerprint density at radius 2 is 2.19 bits per heavy atom. The summed E-state index contributed by atoms with van der Waals surface area (Å²) >= 11 is 0.976. The molecule has 0 aliphatic heterocycles. The average Bonchev–Trinajstić information content (AvgIpc) is 2.28. The van der Waals surface area contributed by atoms with Gasteiger partial charge in [0.1, 0.15) is 5.82 Å². The topological polar surface area (TPSA) is 41.1 Å². The van der Waals surface area contributed by atoms with E-state index in [1.54, 1.807) is 18.2 Å². The van der Waals surface area contributed by atoms with Gasteiger partial charge in [0.05, 0.1) is 4.90 Å². The molecule has 16 heavy (non-hydrogen) atoms. The van der Waals surface area contributed by atoms with Crippen LogP contribution in [0.2, 0.25) is 0 Å². The predicted octanol–water partition coefficient (Wildman–Crippen LogP) is 2.93. The number of carbonyl (C=O) groups is 1. The Labute approximate surface area is 98.9 Å². The normalized spacial score (nSPS) is 9.88. The number of amides is 2. The van der Waals surface area contributed by atoms with Gasteiger partial charge >= 0.3 is 6.03 Å². The molecule has 0 saturated heterocycles. The zero-order valence-corrected chi connectivity index (χ0v) is 9.94. The standard InChI is InChI=1S/C11H15FN2OS/c1-2-3-8-13-11(15)14-16-10-7-5-4-6-9(10)12/h4-7H,2-3,8H2,1H3,(H2,13,14,15). The molecule has 0 aliphatic rings. The Hall–Kier alpha value is -1.23. The first-order valence-corrected chi connectivity index (χ1v) is 6.01. The van der Waals surface area contributed by atoms with Crippen LogP contribution in [0.4, 0.5) is 9.18 Å². The van der Waals surface area contributed by atoms with Crippen LogP contribution in [0, 0.1) is 5.82 Å². The second-order valence-corrected chi connectivity index (χ2v) is 4.09. The first kappa shape index (κ1) is 12.8. The predicted molar refractivity (Wildman–Crippen MR) is 63.7 cm³/mol. The first-order valence-electron chi connectivity index (χ1n) is 5.19. The van der Waals surface area contributed by atoms with Crippen LogP contribution in [-0.2, 0) is 0 Å². The molecule has 0 unspecified atom stereocenters. The molecule has 0 aromatic heterocycles. The van der Waals surface area contributed by atoms with E-state index in [0.717, 1.165) is 24.8 Å². The largest absolute Gasteiger partial charge is 0.337 e. The van der Waals surface area contributed by atoms with E-state index in [1.807, 2.05) is 6.92 Å². The first-order chi connectivity index (χ1) is 7.74.